The first kappa shape index (κ1) is 14.0. The van der Waals surface area contributed by atoms with Crippen LogP contribution in [0.1, 0.15) is 15.9 Å². The second-order valence-electron chi connectivity index (χ2n) is 4.09. The molecule has 0 amide bonds. The van der Waals surface area contributed by atoms with Gasteiger partial charge in [0.2, 0.25) is 0 Å². The van der Waals surface area contributed by atoms with Crippen molar-refractivity contribution >= 4 is 5.97 Å². The van der Waals surface area contributed by atoms with Gasteiger partial charge in [0.1, 0.15) is 12.4 Å². The molecule has 2 rings (SSSR count). The van der Waals surface area contributed by atoms with Gasteiger partial charge < -0.3 is 14.6 Å². The predicted molar refractivity (Wildman–Crippen MR) is 72.8 cm³/mol. The van der Waals surface area contributed by atoms with Crippen LogP contribution in [0.4, 0.5) is 0 Å². The van der Waals surface area contributed by atoms with Crippen molar-refractivity contribution in [2.75, 3.05) is 13.2 Å². The molecular formula is C15H15NO4. The highest BCUT2D eigenvalue weighted by molar-refractivity contribution is 5.87. The first-order chi connectivity index (χ1) is 9.75. The number of hydrogen-bond acceptors (Lipinski definition) is 4. The van der Waals surface area contributed by atoms with Crippen LogP contribution in [0, 0.1) is 0 Å². The second-order valence-corrected chi connectivity index (χ2v) is 4.09. The Kier molecular flexibility index (Phi) is 5.08. The van der Waals surface area contributed by atoms with Gasteiger partial charge in [0.05, 0.1) is 18.8 Å². The number of carboxylic acids is 1. The van der Waals surface area contributed by atoms with Crippen LogP contribution < -0.4 is 4.74 Å². The van der Waals surface area contributed by atoms with Crippen molar-refractivity contribution < 1.29 is 19.4 Å². The van der Waals surface area contributed by atoms with Crippen molar-refractivity contribution in [3.8, 4) is 5.75 Å². The minimum absolute atomic E-state index is 0.209. The molecule has 0 saturated heterocycles. The molecular weight excluding hydrogens is 258 g/mol. The van der Waals surface area contributed by atoms with Crippen LogP contribution in [-0.4, -0.2) is 29.3 Å². The molecule has 1 N–H and O–H groups in total. The van der Waals surface area contributed by atoms with Gasteiger partial charge in [-0.2, -0.15) is 0 Å². The summed E-state index contributed by atoms with van der Waals surface area (Å²) >= 11 is 0. The van der Waals surface area contributed by atoms with Gasteiger partial charge in [0.15, 0.2) is 0 Å². The number of nitrogens with zero attached hydrogens (tertiary/aromatic N) is 1. The first-order valence-electron chi connectivity index (χ1n) is 6.18. The average molecular weight is 273 g/mol. The number of benzene rings is 1. The zero-order valence-electron chi connectivity index (χ0n) is 10.9. The van der Waals surface area contributed by atoms with Gasteiger partial charge in [-0.1, -0.05) is 6.07 Å². The fourth-order valence-electron chi connectivity index (χ4n) is 1.61. The molecule has 0 unspecified atom stereocenters. The molecule has 0 spiro atoms. The zero-order valence-corrected chi connectivity index (χ0v) is 10.9. The molecule has 5 nitrogen and oxygen atoms in total. The number of rotatable bonds is 7. The molecule has 1 heterocycles. The first-order valence-corrected chi connectivity index (χ1v) is 6.18. The summed E-state index contributed by atoms with van der Waals surface area (Å²) in [5.41, 5.74) is 1.26. The van der Waals surface area contributed by atoms with Crippen LogP contribution in [0.3, 0.4) is 0 Å². The SMILES string of the molecule is O=C(O)c1cccc(OCCOCc2ccncc2)c1. The molecule has 104 valence electrons. The van der Waals surface area contributed by atoms with Crippen LogP contribution in [0.25, 0.3) is 0 Å². The van der Waals surface area contributed by atoms with Gasteiger partial charge in [-0.15, -0.1) is 0 Å². The van der Waals surface area contributed by atoms with Gasteiger partial charge in [-0.3, -0.25) is 4.98 Å². The summed E-state index contributed by atoms with van der Waals surface area (Å²) < 4.78 is 10.9. The highest BCUT2D eigenvalue weighted by Gasteiger charge is 2.03. The zero-order chi connectivity index (χ0) is 14.2. The number of pyridine rings is 1. The van der Waals surface area contributed by atoms with Crippen molar-refractivity contribution in [1.29, 1.82) is 0 Å². The lowest BCUT2D eigenvalue weighted by Gasteiger charge is -2.07. The predicted octanol–water partition coefficient (Wildman–Crippen LogP) is 2.38. The van der Waals surface area contributed by atoms with Crippen molar-refractivity contribution in [3.63, 3.8) is 0 Å². The number of hydrogen-bond donors (Lipinski definition) is 1. The fraction of sp³-hybridized carbons (Fsp3) is 0.200. The van der Waals surface area contributed by atoms with Gasteiger partial charge in [0.25, 0.3) is 0 Å². The molecule has 1 aromatic heterocycles. The highest BCUT2D eigenvalue weighted by atomic mass is 16.5. The Morgan fingerprint density at radius 2 is 1.95 bits per heavy atom. The summed E-state index contributed by atoms with van der Waals surface area (Å²) in [7, 11) is 0. The summed E-state index contributed by atoms with van der Waals surface area (Å²) in [5.74, 6) is -0.443. The van der Waals surface area contributed by atoms with Crippen LogP contribution in [0.2, 0.25) is 0 Å². The number of aromatic nitrogens is 1. The Balaban J connectivity index is 1.71. The maximum atomic E-state index is 10.8. The monoisotopic (exact) mass is 273 g/mol. The third kappa shape index (κ3) is 4.37. The second kappa shape index (κ2) is 7.25. The fourth-order valence-corrected chi connectivity index (χ4v) is 1.61. The van der Waals surface area contributed by atoms with E-state index in [1.54, 1.807) is 24.5 Å². The maximum absolute atomic E-state index is 10.8. The van der Waals surface area contributed by atoms with Crippen LogP contribution in [0.5, 0.6) is 5.75 Å². The molecule has 0 fully saturated rings. The highest BCUT2D eigenvalue weighted by Crippen LogP contribution is 2.13. The minimum Gasteiger partial charge on any atom is -0.491 e. The van der Waals surface area contributed by atoms with E-state index in [4.69, 9.17) is 14.6 Å². The number of carbonyl (C=O) groups is 1. The smallest absolute Gasteiger partial charge is 0.335 e. The third-order valence-electron chi connectivity index (χ3n) is 2.60. The average Bonchev–Trinajstić information content (AvgIpc) is 2.48. The van der Waals surface area contributed by atoms with E-state index in [9.17, 15) is 4.79 Å². The van der Waals surface area contributed by atoms with Crippen LogP contribution >= 0.6 is 0 Å². The molecule has 0 aliphatic rings. The van der Waals surface area contributed by atoms with Crippen molar-refractivity contribution in [2.24, 2.45) is 0 Å². The van der Waals surface area contributed by atoms with E-state index in [1.807, 2.05) is 12.1 Å². The topological polar surface area (TPSA) is 68.7 Å². The van der Waals surface area contributed by atoms with E-state index < -0.39 is 5.97 Å². The Bertz CT molecular complexity index is 557. The van der Waals surface area contributed by atoms with Gasteiger partial charge >= 0.3 is 5.97 Å². The maximum Gasteiger partial charge on any atom is 0.335 e. The molecule has 0 radical (unpaired) electrons. The van der Waals surface area contributed by atoms with Crippen molar-refractivity contribution in [2.45, 2.75) is 6.61 Å². The molecule has 1 aromatic carbocycles. The molecule has 5 heteroatoms. The summed E-state index contributed by atoms with van der Waals surface area (Å²) in [4.78, 5) is 14.7. The standard InChI is InChI=1S/C15H15NO4/c17-15(18)13-2-1-3-14(10-13)20-9-8-19-11-12-4-6-16-7-5-12/h1-7,10H,8-9,11H2,(H,17,18). The van der Waals surface area contributed by atoms with Crippen LogP contribution in [0.15, 0.2) is 48.8 Å². The lowest BCUT2D eigenvalue weighted by molar-refractivity contribution is 0.0695. The minimum atomic E-state index is -0.968. The van der Waals surface area contributed by atoms with E-state index in [2.05, 4.69) is 4.98 Å². The summed E-state index contributed by atoms with van der Waals surface area (Å²) in [6, 6.07) is 10.2. The molecule has 0 saturated carbocycles. The van der Waals surface area contributed by atoms with Gasteiger partial charge in [0, 0.05) is 12.4 Å². The number of carboxylic acid groups (broad SMARTS) is 1. The normalized spacial score (nSPS) is 10.2. The summed E-state index contributed by atoms with van der Waals surface area (Å²) in [6.45, 7) is 1.30. The van der Waals surface area contributed by atoms with Crippen molar-refractivity contribution in [3.05, 3.63) is 59.9 Å². The Hall–Kier alpha value is -2.40. The van der Waals surface area contributed by atoms with Gasteiger partial charge in [-0.25, -0.2) is 4.79 Å². The Labute approximate surface area is 116 Å². The third-order valence-corrected chi connectivity index (χ3v) is 2.60. The molecule has 0 aliphatic carbocycles. The lowest BCUT2D eigenvalue weighted by Crippen LogP contribution is -2.07. The molecule has 20 heavy (non-hydrogen) atoms. The Morgan fingerprint density at radius 3 is 2.70 bits per heavy atom. The quantitative estimate of drug-likeness (QED) is 0.784. The van der Waals surface area contributed by atoms with Crippen LogP contribution in [-0.2, 0) is 11.3 Å². The molecule has 0 bridgehead atoms. The Morgan fingerprint density at radius 1 is 1.15 bits per heavy atom. The molecule has 0 aliphatic heterocycles. The van der Waals surface area contributed by atoms with Crippen molar-refractivity contribution in [1.82, 2.24) is 4.98 Å². The van der Waals surface area contributed by atoms with E-state index in [1.165, 1.54) is 12.1 Å². The molecule has 0 atom stereocenters. The molecule has 2 aromatic rings. The summed E-state index contributed by atoms with van der Waals surface area (Å²) in [5, 5.41) is 8.86. The van der Waals surface area contributed by atoms with E-state index in [0.717, 1.165) is 5.56 Å². The summed E-state index contributed by atoms with van der Waals surface area (Å²) in [6.07, 6.45) is 3.43. The largest absolute Gasteiger partial charge is 0.491 e. The lowest BCUT2D eigenvalue weighted by atomic mass is 10.2. The van der Waals surface area contributed by atoms with Gasteiger partial charge in [-0.05, 0) is 35.9 Å². The van der Waals surface area contributed by atoms with E-state index in [-0.39, 0.29) is 5.56 Å². The van der Waals surface area contributed by atoms with E-state index in [0.29, 0.717) is 25.6 Å². The van der Waals surface area contributed by atoms with E-state index >= 15 is 0 Å². The number of ether oxygens (including phenoxy) is 2. The number of aromatic carboxylic acids is 1.